The largest absolute Gasteiger partial charge is 0.497 e. The lowest BCUT2D eigenvalue weighted by molar-refractivity contribution is -0.138. The summed E-state index contributed by atoms with van der Waals surface area (Å²) < 4.78 is 44.9. The van der Waals surface area contributed by atoms with Crippen molar-refractivity contribution in [3.63, 3.8) is 0 Å². The summed E-state index contributed by atoms with van der Waals surface area (Å²) in [5, 5.41) is 3.20. The number of methoxy groups -OCH3 is 1. The summed E-state index contributed by atoms with van der Waals surface area (Å²) in [5.41, 5.74) is 1.58. The molecule has 2 aromatic carbocycles. The lowest BCUT2D eigenvalue weighted by Gasteiger charge is -2.29. The van der Waals surface area contributed by atoms with Crippen LogP contribution in [0.1, 0.15) is 28.3 Å². The van der Waals surface area contributed by atoms with Gasteiger partial charge in [-0.05, 0) is 41.3 Å². The molecule has 22 heavy (non-hydrogen) atoms. The van der Waals surface area contributed by atoms with Gasteiger partial charge < -0.3 is 10.1 Å². The van der Waals surface area contributed by atoms with Crippen molar-refractivity contribution in [2.24, 2.45) is 0 Å². The number of halogens is 3. The summed E-state index contributed by atoms with van der Waals surface area (Å²) in [6, 6.07) is 10.8. The van der Waals surface area contributed by atoms with Crippen LogP contribution >= 0.6 is 0 Å². The average Bonchev–Trinajstić information content (AvgIpc) is 2.53. The number of fused-ring (bicyclic) bond motifs is 1. The van der Waals surface area contributed by atoms with E-state index in [0.29, 0.717) is 6.54 Å². The van der Waals surface area contributed by atoms with Crippen LogP contribution in [0.4, 0.5) is 13.2 Å². The van der Waals surface area contributed by atoms with Crippen LogP contribution in [-0.2, 0) is 12.6 Å². The zero-order valence-electron chi connectivity index (χ0n) is 12.1. The molecule has 1 N–H and O–H groups in total. The molecule has 0 radical (unpaired) electrons. The Morgan fingerprint density at radius 2 is 1.86 bits per heavy atom. The van der Waals surface area contributed by atoms with Crippen LogP contribution in [-0.4, -0.2) is 13.7 Å². The highest BCUT2D eigenvalue weighted by molar-refractivity contribution is 5.46. The fourth-order valence-electron chi connectivity index (χ4n) is 2.95. The predicted octanol–water partition coefficient (Wildman–Crippen LogP) is 3.95. The Hall–Kier alpha value is -2.01. The third-order valence-electron chi connectivity index (χ3n) is 3.98. The summed E-state index contributed by atoms with van der Waals surface area (Å²) in [5.74, 6) is 0.725. The molecule has 2 nitrogen and oxygen atoms in total. The number of rotatable bonds is 2. The van der Waals surface area contributed by atoms with Gasteiger partial charge in [-0.25, -0.2) is 0 Å². The van der Waals surface area contributed by atoms with Crippen molar-refractivity contribution < 1.29 is 17.9 Å². The molecular weight excluding hydrogens is 291 g/mol. The third-order valence-corrected chi connectivity index (χ3v) is 3.98. The fourth-order valence-corrected chi connectivity index (χ4v) is 2.95. The van der Waals surface area contributed by atoms with Crippen molar-refractivity contribution in [1.29, 1.82) is 0 Å². The van der Waals surface area contributed by atoms with E-state index in [1.807, 2.05) is 12.1 Å². The molecule has 1 aliphatic rings. The van der Waals surface area contributed by atoms with Gasteiger partial charge in [0.15, 0.2) is 0 Å². The van der Waals surface area contributed by atoms with Gasteiger partial charge in [0.1, 0.15) is 5.75 Å². The van der Waals surface area contributed by atoms with E-state index in [4.69, 9.17) is 4.74 Å². The lowest BCUT2D eigenvalue weighted by atomic mass is 9.87. The van der Waals surface area contributed by atoms with E-state index in [0.717, 1.165) is 29.4 Å². The quantitative estimate of drug-likeness (QED) is 0.907. The van der Waals surface area contributed by atoms with Gasteiger partial charge in [-0.15, -0.1) is 0 Å². The first kappa shape index (κ1) is 14.9. The van der Waals surface area contributed by atoms with Gasteiger partial charge in [-0.1, -0.05) is 24.3 Å². The highest BCUT2D eigenvalue weighted by atomic mass is 19.4. The van der Waals surface area contributed by atoms with Gasteiger partial charge in [0.05, 0.1) is 18.7 Å². The number of ether oxygens (including phenoxy) is 1. The van der Waals surface area contributed by atoms with Gasteiger partial charge in [-0.3, -0.25) is 0 Å². The van der Waals surface area contributed by atoms with E-state index in [1.54, 1.807) is 25.3 Å². The molecule has 0 amide bonds. The Labute approximate surface area is 126 Å². The number of nitrogens with one attached hydrogen (secondary N) is 1. The molecule has 0 aromatic heterocycles. The number of hydrogen-bond acceptors (Lipinski definition) is 2. The Balaban J connectivity index is 2.09. The molecule has 0 fully saturated rings. The van der Waals surface area contributed by atoms with E-state index < -0.39 is 17.8 Å². The molecule has 0 bridgehead atoms. The molecule has 0 spiro atoms. The number of alkyl halides is 3. The summed E-state index contributed by atoms with van der Waals surface area (Å²) >= 11 is 0. The van der Waals surface area contributed by atoms with Gasteiger partial charge in [0.2, 0.25) is 0 Å². The smallest absolute Gasteiger partial charge is 0.416 e. The minimum atomic E-state index is -4.36. The second-order valence-corrected chi connectivity index (χ2v) is 5.29. The van der Waals surface area contributed by atoms with Crippen molar-refractivity contribution in [3.8, 4) is 5.75 Å². The van der Waals surface area contributed by atoms with Crippen LogP contribution in [0.5, 0.6) is 5.75 Å². The molecule has 0 aliphatic carbocycles. The second kappa shape index (κ2) is 5.65. The Kier molecular flexibility index (Phi) is 3.83. The monoisotopic (exact) mass is 307 g/mol. The Morgan fingerprint density at radius 1 is 1.09 bits per heavy atom. The van der Waals surface area contributed by atoms with E-state index in [9.17, 15) is 13.2 Å². The SMILES string of the molecule is COc1ccc2c(c1)CCNC2c1ccccc1C(F)(F)F. The predicted molar refractivity (Wildman–Crippen MR) is 78.0 cm³/mol. The normalized spacial score (nSPS) is 17.9. The average molecular weight is 307 g/mol. The van der Waals surface area contributed by atoms with Crippen LogP contribution in [0.15, 0.2) is 42.5 Å². The first-order valence-electron chi connectivity index (χ1n) is 7.07. The molecule has 0 saturated carbocycles. The molecule has 3 rings (SSSR count). The molecule has 1 atom stereocenters. The molecule has 1 aliphatic heterocycles. The molecular formula is C17H16F3NO. The first-order chi connectivity index (χ1) is 10.5. The van der Waals surface area contributed by atoms with Crippen molar-refractivity contribution >= 4 is 0 Å². The third kappa shape index (κ3) is 2.68. The number of benzene rings is 2. The maximum Gasteiger partial charge on any atom is 0.416 e. The summed E-state index contributed by atoms with van der Waals surface area (Å²) in [6.45, 7) is 0.636. The standard InChI is InChI=1S/C17H16F3NO/c1-22-12-6-7-13-11(10-12)8-9-21-16(13)14-4-2-3-5-15(14)17(18,19)20/h2-7,10,16,21H,8-9H2,1H3. The fraction of sp³-hybridized carbons (Fsp3) is 0.294. The molecule has 5 heteroatoms. The highest BCUT2D eigenvalue weighted by Crippen LogP contribution is 2.38. The van der Waals surface area contributed by atoms with Gasteiger partial charge in [0.25, 0.3) is 0 Å². The molecule has 116 valence electrons. The Bertz CT molecular complexity index is 682. The van der Waals surface area contributed by atoms with Crippen LogP contribution < -0.4 is 10.1 Å². The summed E-state index contributed by atoms with van der Waals surface area (Å²) in [7, 11) is 1.58. The maximum absolute atomic E-state index is 13.3. The zero-order valence-corrected chi connectivity index (χ0v) is 12.1. The summed E-state index contributed by atoms with van der Waals surface area (Å²) in [4.78, 5) is 0. The zero-order chi connectivity index (χ0) is 15.7. The Morgan fingerprint density at radius 3 is 2.59 bits per heavy atom. The van der Waals surface area contributed by atoms with Gasteiger partial charge >= 0.3 is 6.18 Å². The van der Waals surface area contributed by atoms with Crippen molar-refractivity contribution in [1.82, 2.24) is 5.32 Å². The minimum absolute atomic E-state index is 0.265. The van der Waals surface area contributed by atoms with E-state index in [-0.39, 0.29) is 5.56 Å². The van der Waals surface area contributed by atoms with Gasteiger partial charge in [0, 0.05) is 6.54 Å². The van der Waals surface area contributed by atoms with E-state index in [1.165, 1.54) is 6.07 Å². The van der Waals surface area contributed by atoms with Crippen molar-refractivity contribution in [3.05, 3.63) is 64.7 Å². The van der Waals surface area contributed by atoms with E-state index >= 15 is 0 Å². The van der Waals surface area contributed by atoms with Crippen molar-refractivity contribution in [2.45, 2.75) is 18.6 Å². The van der Waals surface area contributed by atoms with Gasteiger partial charge in [-0.2, -0.15) is 13.2 Å². The molecule has 2 aromatic rings. The number of hydrogen-bond donors (Lipinski definition) is 1. The molecule has 1 heterocycles. The van der Waals surface area contributed by atoms with Crippen LogP contribution in [0.25, 0.3) is 0 Å². The van der Waals surface area contributed by atoms with Crippen molar-refractivity contribution in [2.75, 3.05) is 13.7 Å². The summed E-state index contributed by atoms with van der Waals surface area (Å²) in [6.07, 6.45) is -3.58. The first-order valence-corrected chi connectivity index (χ1v) is 7.07. The maximum atomic E-state index is 13.3. The topological polar surface area (TPSA) is 21.3 Å². The van der Waals surface area contributed by atoms with E-state index in [2.05, 4.69) is 5.32 Å². The van der Waals surface area contributed by atoms with Crippen LogP contribution in [0.3, 0.4) is 0 Å². The molecule has 1 unspecified atom stereocenters. The molecule has 0 saturated heterocycles. The van der Waals surface area contributed by atoms with Crippen LogP contribution in [0, 0.1) is 0 Å². The second-order valence-electron chi connectivity index (χ2n) is 5.29. The highest BCUT2D eigenvalue weighted by Gasteiger charge is 2.36. The van der Waals surface area contributed by atoms with Crippen LogP contribution in [0.2, 0.25) is 0 Å². The minimum Gasteiger partial charge on any atom is -0.497 e. The lowest BCUT2D eigenvalue weighted by Crippen LogP contribution is -2.32.